The molecule has 3 heteroatoms. The minimum absolute atomic E-state index is 0.446. The quantitative estimate of drug-likeness (QED) is 0.733. The van der Waals surface area contributed by atoms with Crippen LogP contribution in [0.15, 0.2) is 48.5 Å². The van der Waals surface area contributed by atoms with Gasteiger partial charge in [-0.2, -0.15) is 0 Å². The first-order chi connectivity index (χ1) is 8.70. The van der Waals surface area contributed by atoms with Crippen LogP contribution in [0.2, 0.25) is 5.02 Å². The normalized spacial score (nSPS) is 10.4. The molecular formula is C15H15Cl2N. The summed E-state index contributed by atoms with van der Waals surface area (Å²) in [5.74, 6) is 0.446. The fourth-order valence-corrected chi connectivity index (χ4v) is 2.37. The Bertz CT molecular complexity index is 511. The van der Waals surface area contributed by atoms with E-state index in [-0.39, 0.29) is 0 Å². The van der Waals surface area contributed by atoms with Crippen LogP contribution >= 0.6 is 23.2 Å². The molecule has 0 heterocycles. The molecule has 0 saturated heterocycles. The third kappa shape index (κ3) is 3.18. The molecule has 0 aliphatic rings. The second-order valence-electron chi connectivity index (χ2n) is 4.25. The van der Waals surface area contributed by atoms with Crippen LogP contribution in [0.4, 0.5) is 5.69 Å². The zero-order valence-corrected chi connectivity index (χ0v) is 11.7. The van der Waals surface area contributed by atoms with Gasteiger partial charge in [-0.1, -0.05) is 48.0 Å². The van der Waals surface area contributed by atoms with Gasteiger partial charge in [0.25, 0.3) is 0 Å². The molecule has 0 unspecified atom stereocenters. The topological polar surface area (TPSA) is 3.24 Å². The van der Waals surface area contributed by atoms with Gasteiger partial charge in [0, 0.05) is 30.2 Å². The van der Waals surface area contributed by atoms with Gasteiger partial charge in [-0.25, -0.2) is 0 Å². The largest absolute Gasteiger partial charge is 0.370 e. The molecule has 1 nitrogen and oxygen atoms in total. The van der Waals surface area contributed by atoms with Gasteiger partial charge in [0.05, 0.1) is 0 Å². The zero-order chi connectivity index (χ0) is 13.0. The molecule has 2 aromatic carbocycles. The lowest BCUT2D eigenvalue weighted by Crippen LogP contribution is -2.16. The van der Waals surface area contributed by atoms with E-state index >= 15 is 0 Å². The van der Waals surface area contributed by atoms with Crippen molar-refractivity contribution in [1.29, 1.82) is 0 Å². The molecule has 0 bridgehead atoms. The summed E-state index contributed by atoms with van der Waals surface area (Å²) < 4.78 is 0. The molecule has 18 heavy (non-hydrogen) atoms. The maximum atomic E-state index is 6.17. The van der Waals surface area contributed by atoms with Gasteiger partial charge in [-0.05, 0) is 23.3 Å². The summed E-state index contributed by atoms with van der Waals surface area (Å²) in [5.41, 5.74) is 3.34. The van der Waals surface area contributed by atoms with Crippen LogP contribution in [0.25, 0.3) is 0 Å². The number of halogens is 2. The van der Waals surface area contributed by atoms with E-state index in [1.165, 1.54) is 5.56 Å². The monoisotopic (exact) mass is 279 g/mol. The predicted molar refractivity (Wildman–Crippen MR) is 79.6 cm³/mol. The average molecular weight is 280 g/mol. The van der Waals surface area contributed by atoms with Crippen LogP contribution in [0.5, 0.6) is 0 Å². The Morgan fingerprint density at radius 1 is 1.06 bits per heavy atom. The molecule has 0 atom stereocenters. The fraction of sp³-hybridized carbons (Fsp3) is 0.200. The van der Waals surface area contributed by atoms with Gasteiger partial charge < -0.3 is 4.90 Å². The van der Waals surface area contributed by atoms with Crippen molar-refractivity contribution in [3.63, 3.8) is 0 Å². The molecule has 0 saturated carbocycles. The molecule has 0 spiro atoms. The molecule has 0 fully saturated rings. The summed E-state index contributed by atoms with van der Waals surface area (Å²) in [5, 5.41) is 0.724. The highest BCUT2D eigenvalue weighted by atomic mass is 35.5. The lowest BCUT2D eigenvalue weighted by molar-refractivity contribution is 0.923. The van der Waals surface area contributed by atoms with Crippen molar-refractivity contribution in [3.05, 3.63) is 64.7 Å². The summed E-state index contributed by atoms with van der Waals surface area (Å²) in [6.07, 6.45) is 0. The van der Waals surface area contributed by atoms with E-state index in [0.717, 1.165) is 22.8 Å². The van der Waals surface area contributed by atoms with Crippen LogP contribution in [-0.4, -0.2) is 7.05 Å². The summed E-state index contributed by atoms with van der Waals surface area (Å²) in [4.78, 5) is 2.17. The number of rotatable bonds is 4. The highest BCUT2D eigenvalue weighted by Crippen LogP contribution is 2.25. The van der Waals surface area contributed by atoms with Crippen LogP contribution in [0, 0.1) is 0 Å². The Balaban J connectivity index is 2.14. The van der Waals surface area contributed by atoms with Gasteiger partial charge in [0.15, 0.2) is 0 Å². The van der Waals surface area contributed by atoms with Crippen LogP contribution in [0.1, 0.15) is 11.1 Å². The van der Waals surface area contributed by atoms with Gasteiger partial charge in [-0.15, -0.1) is 11.6 Å². The Morgan fingerprint density at radius 3 is 2.39 bits per heavy atom. The predicted octanol–water partition coefficient (Wildman–Crippen LogP) is 4.72. The second-order valence-corrected chi connectivity index (χ2v) is 4.93. The summed E-state index contributed by atoms with van der Waals surface area (Å²) in [7, 11) is 2.05. The standard InChI is InChI=1S/C15H15Cl2N/c1-18(11-12-5-3-2-4-6-12)14-8-7-13(10-16)15(17)9-14/h2-9H,10-11H2,1H3. The highest BCUT2D eigenvalue weighted by molar-refractivity contribution is 6.32. The van der Waals surface area contributed by atoms with Crippen molar-refractivity contribution in [2.45, 2.75) is 12.4 Å². The van der Waals surface area contributed by atoms with Crippen molar-refractivity contribution < 1.29 is 0 Å². The van der Waals surface area contributed by atoms with Crippen LogP contribution < -0.4 is 4.90 Å². The molecule has 94 valence electrons. The van der Waals surface area contributed by atoms with Crippen molar-refractivity contribution in [1.82, 2.24) is 0 Å². The van der Waals surface area contributed by atoms with Crippen LogP contribution in [-0.2, 0) is 12.4 Å². The van der Waals surface area contributed by atoms with Crippen molar-refractivity contribution in [3.8, 4) is 0 Å². The number of hydrogen-bond donors (Lipinski definition) is 0. The van der Waals surface area contributed by atoms with E-state index in [2.05, 4.69) is 24.1 Å². The first kappa shape index (κ1) is 13.3. The maximum Gasteiger partial charge on any atom is 0.0488 e. The third-order valence-electron chi connectivity index (χ3n) is 2.88. The third-order valence-corrected chi connectivity index (χ3v) is 3.52. The van der Waals surface area contributed by atoms with E-state index in [1.54, 1.807) is 0 Å². The number of alkyl halides is 1. The Hall–Kier alpha value is -1.18. The van der Waals surface area contributed by atoms with Crippen LogP contribution in [0.3, 0.4) is 0 Å². The van der Waals surface area contributed by atoms with E-state index in [0.29, 0.717) is 5.88 Å². The van der Waals surface area contributed by atoms with Crippen molar-refractivity contribution in [2.75, 3.05) is 11.9 Å². The number of benzene rings is 2. The van der Waals surface area contributed by atoms with E-state index in [9.17, 15) is 0 Å². The maximum absolute atomic E-state index is 6.17. The smallest absolute Gasteiger partial charge is 0.0488 e. The van der Waals surface area contributed by atoms with Gasteiger partial charge >= 0.3 is 0 Å². The minimum atomic E-state index is 0.446. The van der Waals surface area contributed by atoms with E-state index < -0.39 is 0 Å². The lowest BCUT2D eigenvalue weighted by atomic mass is 10.2. The molecule has 0 aromatic heterocycles. The lowest BCUT2D eigenvalue weighted by Gasteiger charge is -2.20. The minimum Gasteiger partial charge on any atom is -0.370 e. The van der Waals surface area contributed by atoms with Gasteiger partial charge in [0.2, 0.25) is 0 Å². The zero-order valence-electron chi connectivity index (χ0n) is 10.2. The number of anilines is 1. The molecule has 0 amide bonds. The molecule has 2 rings (SSSR count). The van der Waals surface area contributed by atoms with E-state index in [4.69, 9.17) is 23.2 Å². The van der Waals surface area contributed by atoms with Gasteiger partial charge in [0.1, 0.15) is 0 Å². The molecule has 0 N–H and O–H groups in total. The highest BCUT2D eigenvalue weighted by Gasteiger charge is 2.05. The number of nitrogens with zero attached hydrogens (tertiary/aromatic N) is 1. The summed E-state index contributed by atoms with van der Waals surface area (Å²) in [6.45, 7) is 0.859. The molecule has 0 aliphatic heterocycles. The summed E-state index contributed by atoms with van der Waals surface area (Å²) in [6, 6.07) is 16.3. The van der Waals surface area contributed by atoms with Crippen molar-refractivity contribution in [2.24, 2.45) is 0 Å². The first-order valence-electron chi connectivity index (χ1n) is 5.80. The molecular weight excluding hydrogens is 265 g/mol. The van der Waals surface area contributed by atoms with Crippen molar-refractivity contribution >= 4 is 28.9 Å². The first-order valence-corrected chi connectivity index (χ1v) is 6.71. The molecule has 0 radical (unpaired) electrons. The Labute approximate surface area is 118 Å². The fourth-order valence-electron chi connectivity index (χ4n) is 1.83. The SMILES string of the molecule is CN(Cc1ccccc1)c1ccc(CCl)c(Cl)c1. The average Bonchev–Trinajstić information content (AvgIpc) is 2.39. The Kier molecular flexibility index (Phi) is 4.51. The second kappa shape index (κ2) is 6.12. The Morgan fingerprint density at radius 2 is 1.78 bits per heavy atom. The summed E-state index contributed by atoms with van der Waals surface area (Å²) >= 11 is 12.0. The molecule has 2 aromatic rings. The van der Waals surface area contributed by atoms with Gasteiger partial charge in [-0.3, -0.25) is 0 Å². The van der Waals surface area contributed by atoms with E-state index in [1.807, 2.05) is 36.4 Å². The number of hydrogen-bond acceptors (Lipinski definition) is 1. The molecule has 0 aliphatic carbocycles.